The maximum Gasteiger partial charge on any atom is 0.407 e. The molecule has 2 N–H and O–H groups in total. The highest BCUT2D eigenvalue weighted by atomic mass is 16.5. The number of hydrogen-bond donors (Lipinski definition) is 2. The summed E-state index contributed by atoms with van der Waals surface area (Å²) in [5.41, 5.74) is 4.71. The summed E-state index contributed by atoms with van der Waals surface area (Å²) in [4.78, 5) is 37.9. The highest BCUT2D eigenvalue weighted by Gasteiger charge is 2.42. The van der Waals surface area contributed by atoms with E-state index in [2.05, 4.69) is 29.6 Å². The lowest BCUT2D eigenvalue weighted by Crippen LogP contribution is -2.55. The summed E-state index contributed by atoms with van der Waals surface area (Å²) in [6.07, 6.45) is 2.12. The third kappa shape index (κ3) is 4.08. The van der Waals surface area contributed by atoms with Gasteiger partial charge in [0.2, 0.25) is 5.91 Å². The van der Waals surface area contributed by atoms with E-state index in [-0.39, 0.29) is 43.4 Å². The number of carboxylic acid groups (broad SMARTS) is 1. The quantitative estimate of drug-likeness (QED) is 0.705. The third-order valence-electron chi connectivity index (χ3n) is 7.37. The van der Waals surface area contributed by atoms with E-state index in [9.17, 15) is 14.4 Å². The van der Waals surface area contributed by atoms with Crippen molar-refractivity contribution in [3.8, 4) is 11.1 Å². The Kier molecular flexibility index (Phi) is 5.79. The Balaban J connectivity index is 1.14. The molecule has 1 heterocycles. The lowest BCUT2D eigenvalue weighted by molar-refractivity contribution is -0.155. The predicted octanol–water partition coefficient (Wildman–Crippen LogP) is 3.48. The van der Waals surface area contributed by atoms with Crippen LogP contribution in [-0.4, -0.2) is 54.2 Å². The Bertz CT molecular complexity index is 1030. The number of benzene rings is 2. The largest absolute Gasteiger partial charge is 0.481 e. The molecule has 0 aromatic heterocycles. The monoisotopic (exact) mass is 448 g/mol. The molecule has 2 aromatic rings. The lowest BCUT2D eigenvalue weighted by Gasteiger charge is -2.39. The van der Waals surface area contributed by atoms with Gasteiger partial charge in [0.15, 0.2) is 0 Å². The van der Waals surface area contributed by atoms with Crippen molar-refractivity contribution in [3.05, 3.63) is 59.7 Å². The van der Waals surface area contributed by atoms with E-state index < -0.39 is 18.0 Å². The average molecular weight is 449 g/mol. The van der Waals surface area contributed by atoms with E-state index in [4.69, 9.17) is 9.84 Å². The predicted molar refractivity (Wildman–Crippen MR) is 122 cm³/mol. The second-order valence-corrected chi connectivity index (χ2v) is 9.28. The van der Waals surface area contributed by atoms with Crippen LogP contribution in [0.2, 0.25) is 0 Å². The van der Waals surface area contributed by atoms with Crippen LogP contribution in [-0.2, 0) is 14.3 Å². The minimum absolute atomic E-state index is 0.0116. The number of nitrogens with one attached hydrogen (secondary N) is 1. The number of carboxylic acids is 1. The van der Waals surface area contributed by atoms with Gasteiger partial charge in [-0.1, -0.05) is 55.0 Å². The summed E-state index contributed by atoms with van der Waals surface area (Å²) in [5.74, 6) is -1.37. The van der Waals surface area contributed by atoms with Crippen LogP contribution < -0.4 is 5.32 Å². The Morgan fingerprint density at radius 1 is 0.970 bits per heavy atom. The summed E-state index contributed by atoms with van der Waals surface area (Å²) < 4.78 is 5.60. The number of carbonyl (C=O) groups is 3. The molecule has 2 aromatic carbocycles. The topological polar surface area (TPSA) is 95.9 Å². The minimum Gasteiger partial charge on any atom is -0.481 e. The van der Waals surface area contributed by atoms with Crippen LogP contribution >= 0.6 is 0 Å². The molecule has 2 fully saturated rings. The zero-order valence-corrected chi connectivity index (χ0v) is 18.4. The van der Waals surface area contributed by atoms with E-state index in [1.54, 1.807) is 4.90 Å². The van der Waals surface area contributed by atoms with Gasteiger partial charge >= 0.3 is 12.1 Å². The molecule has 2 aliphatic carbocycles. The van der Waals surface area contributed by atoms with Crippen molar-refractivity contribution in [1.82, 2.24) is 10.2 Å². The molecule has 2 atom stereocenters. The maximum atomic E-state index is 12.8. The number of amides is 2. The van der Waals surface area contributed by atoms with E-state index >= 15 is 0 Å². The molecule has 172 valence electrons. The summed E-state index contributed by atoms with van der Waals surface area (Å²) in [5, 5.41) is 11.9. The van der Waals surface area contributed by atoms with Gasteiger partial charge in [0, 0.05) is 31.5 Å². The molecule has 0 spiro atoms. The van der Waals surface area contributed by atoms with Gasteiger partial charge in [-0.15, -0.1) is 0 Å². The number of hydrogen-bond acceptors (Lipinski definition) is 4. The van der Waals surface area contributed by atoms with Gasteiger partial charge in [0.25, 0.3) is 0 Å². The number of nitrogens with zero attached hydrogens (tertiary/aromatic N) is 1. The van der Waals surface area contributed by atoms with Crippen molar-refractivity contribution in [2.24, 2.45) is 17.8 Å². The molecule has 0 unspecified atom stereocenters. The SMILES string of the molecule is O=C(NC[C@H]1CCC[C@H]1C(=O)N1CC(C(=O)O)C1)OCC1c2ccccc2-c2ccccc21. The van der Waals surface area contributed by atoms with Crippen LogP contribution in [0.4, 0.5) is 4.79 Å². The molecular weight excluding hydrogens is 420 g/mol. The van der Waals surface area contributed by atoms with Crippen LogP contribution in [0.5, 0.6) is 0 Å². The van der Waals surface area contributed by atoms with Crippen molar-refractivity contribution >= 4 is 18.0 Å². The first-order valence-corrected chi connectivity index (χ1v) is 11.6. The molecule has 5 rings (SSSR count). The number of alkyl carbamates (subject to hydrolysis) is 1. The third-order valence-corrected chi connectivity index (χ3v) is 7.37. The number of carbonyl (C=O) groups excluding carboxylic acids is 2. The molecule has 2 amide bonds. The van der Waals surface area contributed by atoms with Crippen molar-refractivity contribution < 1.29 is 24.2 Å². The first-order chi connectivity index (χ1) is 16.0. The van der Waals surface area contributed by atoms with Gasteiger partial charge in [-0.05, 0) is 41.0 Å². The summed E-state index contributed by atoms with van der Waals surface area (Å²) in [7, 11) is 0. The molecule has 7 heteroatoms. The molecule has 1 saturated carbocycles. The Morgan fingerprint density at radius 2 is 1.61 bits per heavy atom. The van der Waals surface area contributed by atoms with Crippen LogP contribution in [0.15, 0.2) is 48.5 Å². The zero-order chi connectivity index (χ0) is 22.9. The molecule has 0 radical (unpaired) electrons. The first-order valence-electron chi connectivity index (χ1n) is 11.6. The van der Waals surface area contributed by atoms with Gasteiger partial charge in [-0.25, -0.2) is 4.79 Å². The fourth-order valence-corrected chi connectivity index (χ4v) is 5.52. The van der Waals surface area contributed by atoms with Gasteiger partial charge in [-0.2, -0.15) is 0 Å². The second kappa shape index (κ2) is 8.89. The van der Waals surface area contributed by atoms with Crippen LogP contribution in [0.25, 0.3) is 11.1 Å². The number of fused-ring (bicyclic) bond motifs is 3. The van der Waals surface area contributed by atoms with Crippen LogP contribution in [0.3, 0.4) is 0 Å². The first kappa shape index (κ1) is 21.5. The standard InChI is InChI=1S/C26H28N2O5/c29-24(28-13-17(14-28)25(30)31)18-11-5-6-16(18)12-27-26(32)33-15-23-21-9-3-1-7-19(21)20-8-2-4-10-22(20)23/h1-4,7-10,16-18,23H,5-6,11-15H2,(H,27,32)(H,30,31)/t16-,18-/m1/s1. The lowest BCUT2D eigenvalue weighted by atomic mass is 9.91. The Labute approximate surface area is 192 Å². The van der Waals surface area contributed by atoms with E-state index in [0.717, 1.165) is 19.3 Å². The van der Waals surface area contributed by atoms with Gasteiger partial charge < -0.3 is 20.1 Å². The number of aliphatic carboxylic acids is 1. The average Bonchev–Trinajstić information content (AvgIpc) is 3.38. The Hall–Kier alpha value is -3.35. The highest BCUT2D eigenvalue weighted by molar-refractivity contribution is 5.83. The van der Waals surface area contributed by atoms with Gasteiger partial charge in [0.1, 0.15) is 6.61 Å². The molecule has 33 heavy (non-hydrogen) atoms. The molecular formula is C26H28N2O5. The van der Waals surface area contributed by atoms with E-state index in [1.807, 2.05) is 24.3 Å². The summed E-state index contributed by atoms with van der Waals surface area (Å²) in [6.45, 7) is 1.23. The second-order valence-electron chi connectivity index (χ2n) is 9.28. The zero-order valence-electron chi connectivity index (χ0n) is 18.4. The maximum absolute atomic E-state index is 12.8. The highest BCUT2D eigenvalue weighted by Crippen LogP contribution is 2.44. The van der Waals surface area contributed by atoms with Crippen molar-refractivity contribution in [3.63, 3.8) is 0 Å². The van der Waals surface area contributed by atoms with Crippen molar-refractivity contribution in [2.75, 3.05) is 26.2 Å². The van der Waals surface area contributed by atoms with E-state index in [0.29, 0.717) is 6.54 Å². The number of ether oxygens (including phenoxy) is 1. The number of likely N-dealkylation sites (tertiary alicyclic amines) is 1. The normalized spacial score (nSPS) is 21.8. The smallest absolute Gasteiger partial charge is 0.407 e. The molecule has 1 saturated heterocycles. The summed E-state index contributed by atoms with van der Waals surface area (Å²) in [6, 6.07) is 16.4. The number of rotatable bonds is 6. The molecule has 3 aliphatic rings. The van der Waals surface area contributed by atoms with Crippen LogP contribution in [0, 0.1) is 17.8 Å². The summed E-state index contributed by atoms with van der Waals surface area (Å²) >= 11 is 0. The van der Waals surface area contributed by atoms with Gasteiger partial charge in [0.05, 0.1) is 5.92 Å². The van der Waals surface area contributed by atoms with Gasteiger partial charge in [-0.3, -0.25) is 9.59 Å². The fourth-order valence-electron chi connectivity index (χ4n) is 5.52. The minimum atomic E-state index is -0.848. The van der Waals surface area contributed by atoms with Crippen LogP contribution in [0.1, 0.15) is 36.3 Å². The Morgan fingerprint density at radius 3 is 2.24 bits per heavy atom. The molecule has 1 aliphatic heterocycles. The molecule has 0 bridgehead atoms. The van der Waals surface area contributed by atoms with Crippen molar-refractivity contribution in [2.45, 2.75) is 25.2 Å². The fraction of sp³-hybridized carbons (Fsp3) is 0.423. The van der Waals surface area contributed by atoms with E-state index in [1.165, 1.54) is 22.3 Å². The molecule has 7 nitrogen and oxygen atoms in total. The van der Waals surface area contributed by atoms with Crippen molar-refractivity contribution in [1.29, 1.82) is 0 Å².